The molecule has 4 aromatic rings. The highest BCUT2D eigenvalue weighted by Gasteiger charge is 2.36. The van der Waals surface area contributed by atoms with Gasteiger partial charge in [0.1, 0.15) is 5.69 Å². The van der Waals surface area contributed by atoms with Crippen LogP contribution in [0.15, 0.2) is 53.7 Å². The summed E-state index contributed by atoms with van der Waals surface area (Å²) in [4.78, 5) is 12.7. The largest absolute Gasteiger partial charge is 0.298 e. The maximum Gasteiger partial charge on any atom is 0.181 e. The molecule has 1 aliphatic heterocycles. The van der Waals surface area contributed by atoms with Crippen molar-refractivity contribution in [2.24, 2.45) is 0 Å². The summed E-state index contributed by atoms with van der Waals surface area (Å²) in [5.41, 5.74) is 7.03. The Hall–Kier alpha value is -3.10. The number of fused-ring (bicyclic) bond motifs is 2. The van der Waals surface area contributed by atoms with Gasteiger partial charge in [0.05, 0.1) is 10.1 Å². The molecular weight excluding hydrogens is 494 g/mol. The van der Waals surface area contributed by atoms with Gasteiger partial charge < -0.3 is 0 Å². The highest BCUT2D eigenvalue weighted by molar-refractivity contribution is 7.92. The van der Waals surface area contributed by atoms with Gasteiger partial charge in [-0.05, 0) is 94.7 Å². The van der Waals surface area contributed by atoms with Crippen molar-refractivity contribution >= 4 is 20.9 Å². The molecular formula is C30H33N5O2S. The van der Waals surface area contributed by atoms with Gasteiger partial charge >= 0.3 is 0 Å². The second-order valence-corrected chi connectivity index (χ2v) is 13.5. The van der Waals surface area contributed by atoms with Crippen LogP contribution in [0.4, 0.5) is 0 Å². The van der Waals surface area contributed by atoms with Crippen LogP contribution in [0.3, 0.4) is 0 Å². The Labute approximate surface area is 223 Å². The van der Waals surface area contributed by atoms with Crippen molar-refractivity contribution in [3.8, 4) is 22.4 Å². The van der Waals surface area contributed by atoms with Crippen molar-refractivity contribution in [2.45, 2.75) is 80.5 Å². The minimum atomic E-state index is -3.21. The molecule has 1 saturated carbocycles. The summed E-state index contributed by atoms with van der Waals surface area (Å²) >= 11 is 0. The fraction of sp³-hybridized carbons (Fsp3) is 0.433. The zero-order valence-electron chi connectivity index (χ0n) is 21.7. The SMILES string of the molecule is C[C@@H]1CCCN1[C@H]1CCc2cc(-c3cnc4[nH]nc(-c5ccc(S(=O)(=O)C6CC6)cc5)c4c3)cnc2CC1. The van der Waals surface area contributed by atoms with Gasteiger partial charge in [-0.2, -0.15) is 5.10 Å². The fourth-order valence-electron chi connectivity index (χ4n) is 6.39. The summed E-state index contributed by atoms with van der Waals surface area (Å²) in [7, 11) is -3.21. The predicted molar refractivity (Wildman–Crippen MR) is 149 cm³/mol. The molecule has 3 aliphatic rings. The first-order valence-electron chi connectivity index (χ1n) is 13.9. The number of hydrogen-bond donors (Lipinski definition) is 1. The molecule has 0 spiro atoms. The molecule has 1 saturated heterocycles. The molecule has 0 bridgehead atoms. The highest BCUT2D eigenvalue weighted by Crippen LogP contribution is 2.36. The number of H-pyrrole nitrogens is 1. The summed E-state index contributed by atoms with van der Waals surface area (Å²) in [6.07, 6.45) is 12.5. The summed E-state index contributed by atoms with van der Waals surface area (Å²) in [5, 5.41) is 8.25. The van der Waals surface area contributed by atoms with Crippen molar-refractivity contribution in [1.82, 2.24) is 25.1 Å². The predicted octanol–water partition coefficient (Wildman–Crippen LogP) is 5.35. The summed E-state index contributed by atoms with van der Waals surface area (Å²) < 4.78 is 25.2. The molecule has 0 unspecified atom stereocenters. The van der Waals surface area contributed by atoms with Crippen LogP contribution >= 0.6 is 0 Å². The van der Waals surface area contributed by atoms with Gasteiger partial charge in [-0.15, -0.1) is 0 Å². The molecule has 38 heavy (non-hydrogen) atoms. The molecule has 8 heteroatoms. The van der Waals surface area contributed by atoms with E-state index < -0.39 is 9.84 Å². The normalized spacial score (nSPS) is 22.4. The molecule has 3 aromatic heterocycles. The zero-order chi connectivity index (χ0) is 25.9. The number of hydrogen-bond acceptors (Lipinski definition) is 6. The second kappa shape index (κ2) is 9.27. The number of aromatic nitrogens is 4. The van der Waals surface area contributed by atoms with E-state index in [-0.39, 0.29) is 5.25 Å². The summed E-state index contributed by atoms with van der Waals surface area (Å²) in [6, 6.07) is 12.9. The Morgan fingerprint density at radius 2 is 1.66 bits per heavy atom. The van der Waals surface area contributed by atoms with Crippen LogP contribution < -0.4 is 0 Å². The lowest BCUT2D eigenvalue weighted by atomic mass is 10.0. The molecule has 7 nitrogen and oxygen atoms in total. The Morgan fingerprint density at radius 1 is 0.895 bits per heavy atom. The van der Waals surface area contributed by atoms with Gasteiger partial charge in [-0.1, -0.05) is 12.1 Å². The van der Waals surface area contributed by atoms with Gasteiger partial charge in [0, 0.05) is 52.2 Å². The highest BCUT2D eigenvalue weighted by atomic mass is 32.2. The van der Waals surface area contributed by atoms with E-state index in [1.165, 1.54) is 43.5 Å². The lowest BCUT2D eigenvalue weighted by Crippen LogP contribution is -2.37. The van der Waals surface area contributed by atoms with Crippen LogP contribution in [0.2, 0.25) is 0 Å². The zero-order valence-corrected chi connectivity index (χ0v) is 22.5. The number of nitrogens with one attached hydrogen (secondary N) is 1. The third-order valence-electron chi connectivity index (χ3n) is 8.76. The Kier molecular flexibility index (Phi) is 5.85. The van der Waals surface area contributed by atoms with Crippen LogP contribution in [0.1, 0.15) is 56.7 Å². The second-order valence-electron chi connectivity index (χ2n) is 11.3. The monoisotopic (exact) mass is 527 g/mol. The van der Waals surface area contributed by atoms with E-state index in [0.29, 0.717) is 22.6 Å². The van der Waals surface area contributed by atoms with E-state index in [9.17, 15) is 8.42 Å². The molecule has 196 valence electrons. The first kappa shape index (κ1) is 24.0. The quantitative estimate of drug-likeness (QED) is 0.352. The third-order valence-corrected chi connectivity index (χ3v) is 11.0. The maximum absolute atomic E-state index is 12.6. The van der Waals surface area contributed by atoms with Gasteiger partial charge in [0.2, 0.25) is 0 Å². The van der Waals surface area contributed by atoms with E-state index in [0.717, 1.165) is 53.5 Å². The molecule has 2 fully saturated rings. The van der Waals surface area contributed by atoms with Gasteiger partial charge in [0.25, 0.3) is 0 Å². The van der Waals surface area contributed by atoms with Gasteiger partial charge in [0.15, 0.2) is 15.5 Å². The first-order valence-corrected chi connectivity index (χ1v) is 15.4. The maximum atomic E-state index is 12.6. The number of likely N-dealkylation sites (tertiary alicyclic amines) is 1. The minimum Gasteiger partial charge on any atom is -0.298 e. The lowest BCUT2D eigenvalue weighted by Gasteiger charge is -2.30. The molecule has 4 heterocycles. The molecule has 1 N–H and O–H groups in total. The van der Waals surface area contributed by atoms with E-state index in [2.05, 4.69) is 39.1 Å². The van der Waals surface area contributed by atoms with Crippen LogP contribution in [-0.2, 0) is 22.7 Å². The summed E-state index contributed by atoms with van der Waals surface area (Å²) in [5.74, 6) is 0. The smallest absolute Gasteiger partial charge is 0.181 e. The number of sulfone groups is 1. The number of nitrogens with zero attached hydrogens (tertiary/aromatic N) is 4. The van der Waals surface area contributed by atoms with Gasteiger partial charge in [-0.3, -0.25) is 15.0 Å². The molecule has 0 radical (unpaired) electrons. The number of aromatic amines is 1. The van der Waals surface area contributed by atoms with E-state index >= 15 is 0 Å². The van der Waals surface area contributed by atoms with E-state index in [1.54, 1.807) is 12.1 Å². The molecule has 2 atom stereocenters. The summed E-state index contributed by atoms with van der Waals surface area (Å²) in [6.45, 7) is 3.61. The molecule has 7 rings (SSSR count). The van der Waals surface area contributed by atoms with E-state index in [4.69, 9.17) is 4.98 Å². The topological polar surface area (TPSA) is 91.8 Å². The lowest BCUT2D eigenvalue weighted by molar-refractivity contribution is 0.173. The van der Waals surface area contributed by atoms with Crippen molar-refractivity contribution < 1.29 is 8.42 Å². The molecule has 1 aromatic carbocycles. The van der Waals surface area contributed by atoms with Gasteiger partial charge in [-0.25, -0.2) is 13.4 Å². The number of rotatable bonds is 5. The first-order chi connectivity index (χ1) is 18.5. The van der Waals surface area contributed by atoms with Crippen molar-refractivity contribution in [2.75, 3.05) is 6.54 Å². The Morgan fingerprint density at radius 3 is 2.42 bits per heavy atom. The number of aryl methyl sites for hydroxylation is 2. The third kappa shape index (κ3) is 4.24. The average Bonchev–Trinajstić information content (AvgIpc) is 3.65. The van der Waals surface area contributed by atoms with Crippen LogP contribution in [-0.4, -0.2) is 57.4 Å². The fourth-order valence-corrected chi connectivity index (χ4v) is 8.05. The van der Waals surface area contributed by atoms with Crippen LogP contribution in [0.25, 0.3) is 33.4 Å². The minimum absolute atomic E-state index is 0.212. The standard InChI is InChI=1S/C30H33N5O2S/c1-19-3-2-14-35(19)24-7-4-21-15-22(17-31-28(21)13-8-24)23-16-27-29(33-34-30(27)32-18-23)20-5-9-25(10-6-20)38(36,37)26-11-12-26/h5-6,9-10,15-19,24,26H,2-4,7-8,11-14H2,1H3,(H,32,33,34)/t19-,24+/m1/s1. The molecule has 0 amide bonds. The van der Waals surface area contributed by atoms with Crippen LogP contribution in [0.5, 0.6) is 0 Å². The van der Waals surface area contributed by atoms with E-state index in [1.807, 2.05) is 24.5 Å². The van der Waals surface area contributed by atoms with Crippen molar-refractivity contribution in [3.63, 3.8) is 0 Å². The Balaban J connectivity index is 1.16. The molecule has 2 aliphatic carbocycles. The average molecular weight is 528 g/mol. The number of benzene rings is 1. The Bertz CT molecular complexity index is 1610. The number of pyridine rings is 2. The van der Waals surface area contributed by atoms with Crippen molar-refractivity contribution in [1.29, 1.82) is 0 Å². The van der Waals surface area contributed by atoms with Crippen LogP contribution in [0, 0.1) is 0 Å². The van der Waals surface area contributed by atoms with Crippen molar-refractivity contribution in [3.05, 3.63) is 60.0 Å².